The van der Waals surface area contributed by atoms with E-state index in [2.05, 4.69) is 109 Å². The van der Waals surface area contributed by atoms with Crippen molar-refractivity contribution in [2.75, 3.05) is 0 Å². The third-order valence-corrected chi connectivity index (χ3v) is 6.00. The fourth-order valence-electron chi connectivity index (χ4n) is 3.85. The molecule has 0 atom stereocenters. The van der Waals surface area contributed by atoms with E-state index in [0.29, 0.717) is 0 Å². The molecule has 0 saturated heterocycles. The van der Waals surface area contributed by atoms with Gasteiger partial charge in [-0.05, 0) is 116 Å². The van der Waals surface area contributed by atoms with E-state index in [1.54, 1.807) is 0 Å². The van der Waals surface area contributed by atoms with Gasteiger partial charge in [0.25, 0.3) is 0 Å². The highest BCUT2D eigenvalue weighted by Crippen LogP contribution is 2.05. The van der Waals surface area contributed by atoms with Crippen LogP contribution in [0.4, 0.5) is 0 Å². The molecule has 0 radical (unpaired) electrons. The maximum absolute atomic E-state index is 2.34. The molecule has 1 aliphatic carbocycles. The molecule has 0 saturated carbocycles. The molecule has 1 aliphatic rings. The largest absolute Gasteiger partial charge is 0.0882 e. The first-order valence-electron chi connectivity index (χ1n) is 14.8. The molecule has 0 heterocycles. The third-order valence-electron chi connectivity index (χ3n) is 6.00. The highest BCUT2D eigenvalue weighted by molar-refractivity contribution is 4.96. The summed E-state index contributed by atoms with van der Waals surface area (Å²) in [6.45, 7) is 0. The van der Waals surface area contributed by atoms with E-state index in [0.717, 1.165) is 116 Å². The van der Waals surface area contributed by atoms with Crippen LogP contribution in [-0.4, -0.2) is 0 Å². The van der Waals surface area contributed by atoms with Crippen molar-refractivity contribution in [3.63, 3.8) is 0 Å². The summed E-state index contributed by atoms with van der Waals surface area (Å²) in [5.41, 5.74) is 0. The van der Waals surface area contributed by atoms with E-state index in [-0.39, 0.29) is 0 Å². The third kappa shape index (κ3) is 26.3. The van der Waals surface area contributed by atoms with Gasteiger partial charge in [-0.25, -0.2) is 0 Å². The van der Waals surface area contributed by atoms with Crippen molar-refractivity contribution in [1.82, 2.24) is 0 Å². The molecule has 0 aromatic heterocycles. The molecule has 0 fully saturated rings. The van der Waals surface area contributed by atoms with Crippen molar-refractivity contribution in [3.05, 3.63) is 109 Å². The van der Waals surface area contributed by atoms with Crippen LogP contribution in [0.2, 0.25) is 0 Å². The lowest BCUT2D eigenvalue weighted by atomic mass is 10.1. The summed E-state index contributed by atoms with van der Waals surface area (Å²) in [5, 5.41) is 0. The van der Waals surface area contributed by atoms with Gasteiger partial charge in [-0.1, -0.05) is 109 Å². The summed E-state index contributed by atoms with van der Waals surface area (Å²) < 4.78 is 0. The van der Waals surface area contributed by atoms with Gasteiger partial charge in [-0.2, -0.15) is 0 Å². The molecule has 0 aromatic carbocycles. The molecule has 0 aliphatic heterocycles. The van der Waals surface area contributed by atoms with Gasteiger partial charge in [-0.15, -0.1) is 0 Å². The molecule has 0 aromatic rings. The number of rotatable bonds is 0. The van der Waals surface area contributed by atoms with Gasteiger partial charge >= 0.3 is 0 Å². The van der Waals surface area contributed by atoms with Gasteiger partial charge in [-0.3, -0.25) is 0 Å². The second-order valence-electron chi connectivity index (χ2n) is 9.44. The second-order valence-corrected chi connectivity index (χ2v) is 9.44. The number of hydrogen-bond acceptors (Lipinski definition) is 0. The van der Waals surface area contributed by atoms with E-state index in [4.69, 9.17) is 0 Å². The first kappa shape index (κ1) is 31.7. The van der Waals surface area contributed by atoms with Gasteiger partial charge < -0.3 is 0 Å². The standard InChI is InChI=1S/C36H54/c1-2-4-6-8-10-12-14-16-18-20-22-24-26-28-30-32-34-36-35-33-31-29-27-25-23-21-19-17-15-13-11-9-7-5-3-1/h1-2,7-10,15-18,23-26,31-34H,3-6,11-14,19-22,27-30,35-36H2/b2-1-,9-7-,10-8-,17-15-,18-16-,25-23-,26-24-,33-31-,34-32?. The average Bonchev–Trinajstić information content (AvgIpc) is 2.89. The lowest BCUT2D eigenvalue weighted by Crippen LogP contribution is -1.71. The van der Waals surface area contributed by atoms with Crippen molar-refractivity contribution < 1.29 is 0 Å². The summed E-state index contributed by atoms with van der Waals surface area (Å²) in [6, 6.07) is 0. The minimum Gasteiger partial charge on any atom is -0.0882 e. The van der Waals surface area contributed by atoms with Crippen LogP contribution in [0.15, 0.2) is 109 Å². The summed E-state index contributed by atoms with van der Waals surface area (Å²) in [5.74, 6) is 0. The molecule has 0 bridgehead atoms. The molecule has 0 N–H and O–H groups in total. The Labute approximate surface area is 224 Å². The van der Waals surface area contributed by atoms with E-state index in [1.807, 2.05) is 0 Å². The van der Waals surface area contributed by atoms with Crippen molar-refractivity contribution in [1.29, 1.82) is 0 Å². The van der Waals surface area contributed by atoms with Crippen LogP contribution in [0, 0.1) is 0 Å². The first-order valence-corrected chi connectivity index (χ1v) is 14.8. The molecule has 0 amide bonds. The zero-order chi connectivity index (χ0) is 25.5. The van der Waals surface area contributed by atoms with Gasteiger partial charge in [0.2, 0.25) is 0 Å². The quantitative estimate of drug-likeness (QED) is 0.299. The molecule has 0 heteroatoms. The molecule has 0 nitrogen and oxygen atoms in total. The van der Waals surface area contributed by atoms with Crippen LogP contribution < -0.4 is 0 Å². The Kier molecular flexibility index (Phi) is 25.4. The van der Waals surface area contributed by atoms with Crippen LogP contribution >= 0.6 is 0 Å². The number of hydrogen-bond donors (Lipinski definition) is 0. The zero-order valence-corrected chi connectivity index (χ0v) is 23.1. The molecular formula is C36H54. The van der Waals surface area contributed by atoms with Crippen molar-refractivity contribution in [2.45, 2.75) is 116 Å². The van der Waals surface area contributed by atoms with Crippen LogP contribution in [0.3, 0.4) is 0 Å². The number of allylic oxidation sites excluding steroid dienone is 18. The minimum atomic E-state index is 1.16. The molecule has 1 rings (SSSR count). The molecule has 0 spiro atoms. The fourth-order valence-corrected chi connectivity index (χ4v) is 3.85. The zero-order valence-electron chi connectivity index (χ0n) is 23.1. The van der Waals surface area contributed by atoms with Crippen molar-refractivity contribution >= 4 is 0 Å². The maximum atomic E-state index is 2.34. The van der Waals surface area contributed by atoms with Crippen LogP contribution in [0.1, 0.15) is 116 Å². The van der Waals surface area contributed by atoms with Crippen LogP contribution in [0.5, 0.6) is 0 Å². The topological polar surface area (TPSA) is 0 Å². The highest BCUT2D eigenvalue weighted by atomic mass is 13.9. The smallest absolute Gasteiger partial charge is 0.0316 e. The predicted molar refractivity (Wildman–Crippen MR) is 165 cm³/mol. The average molecular weight is 487 g/mol. The molecule has 36 heavy (non-hydrogen) atoms. The monoisotopic (exact) mass is 486 g/mol. The lowest BCUT2D eigenvalue weighted by Gasteiger charge is -1.92. The first-order chi connectivity index (χ1) is 18.0. The van der Waals surface area contributed by atoms with Crippen LogP contribution in [-0.2, 0) is 0 Å². The van der Waals surface area contributed by atoms with Crippen molar-refractivity contribution in [3.8, 4) is 0 Å². The minimum absolute atomic E-state index is 1.16. The predicted octanol–water partition coefficient (Wildman–Crippen LogP) is 12.0. The van der Waals surface area contributed by atoms with Crippen LogP contribution in [0.25, 0.3) is 0 Å². The lowest BCUT2D eigenvalue weighted by molar-refractivity contribution is 0.962. The van der Waals surface area contributed by atoms with Gasteiger partial charge in [0.15, 0.2) is 0 Å². The Bertz CT molecular complexity index is 463. The maximum Gasteiger partial charge on any atom is -0.0316 e. The summed E-state index contributed by atoms with van der Waals surface area (Å²) in [7, 11) is 0. The Morgan fingerprint density at radius 2 is 0.167 bits per heavy atom. The van der Waals surface area contributed by atoms with Gasteiger partial charge in [0, 0.05) is 0 Å². The SMILES string of the molecule is C1=CCC/C=C\CC/C=C\CC/C=C\CC/C=C\CC/C=C\CC/C=C\CC/C=C\CC/C=C\CC1. The molecule has 198 valence electrons. The summed E-state index contributed by atoms with van der Waals surface area (Å²) in [4.78, 5) is 0. The summed E-state index contributed by atoms with van der Waals surface area (Å²) >= 11 is 0. The fraction of sp³-hybridized carbons (Fsp3) is 0.500. The summed E-state index contributed by atoms with van der Waals surface area (Å²) in [6.07, 6.45) is 63.0. The second kappa shape index (κ2) is 28.9. The molecule has 0 unspecified atom stereocenters. The molecular weight excluding hydrogens is 432 g/mol. The van der Waals surface area contributed by atoms with Crippen molar-refractivity contribution in [2.24, 2.45) is 0 Å². The normalized spacial score (nSPS) is 27.1. The van der Waals surface area contributed by atoms with E-state index in [9.17, 15) is 0 Å². The van der Waals surface area contributed by atoms with E-state index < -0.39 is 0 Å². The Morgan fingerprint density at radius 1 is 0.111 bits per heavy atom. The Balaban J connectivity index is 2.29. The highest BCUT2D eigenvalue weighted by Gasteiger charge is 1.84. The van der Waals surface area contributed by atoms with Gasteiger partial charge in [0.05, 0.1) is 0 Å². The van der Waals surface area contributed by atoms with E-state index >= 15 is 0 Å². The Morgan fingerprint density at radius 3 is 0.222 bits per heavy atom. The Hall–Kier alpha value is -2.34. The van der Waals surface area contributed by atoms with E-state index in [1.165, 1.54) is 0 Å². The van der Waals surface area contributed by atoms with Gasteiger partial charge in [0.1, 0.15) is 0 Å².